The maximum atomic E-state index is 5.68. The van der Waals surface area contributed by atoms with E-state index in [1.165, 1.54) is 0 Å². The predicted octanol–water partition coefficient (Wildman–Crippen LogP) is 1.58. The Hall–Kier alpha value is -0.450. The van der Waals surface area contributed by atoms with E-state index in [4.69, 9.17) is 10.5 Å². The summed E-state index contributed by atoms with van der Waals surface area (Å²) in [6, 6.07) is 0. The van der Waals surface area contributed by atoms with Gasteiger partial charge in [0.05, 0.1) is 15.6 Å². The van der Waals surface area contributed by atoms with Crippen LogP contribution in [0.5, 0.6) is 0 Å². The molecule has 0 saturated carbocycles. The van der Waals surface area contributed by atoms with Crippen molar-refractivity contribution in [3.63, 3.8) is 0 Å². The zero-order valence-electron chi connectivity index (χ0n) is 8.55. The summed E-state index contributed by atoms with van der Waals surface area (Å²) in [6.45, 7) is 6.46. The number of hydrogen-bond donors (Lipinski definition) is 1. The molecular weight excluding hydrogens is 184 g/mol. The van der Waals surface area contributed by atoms with Gasteiger partial charge in [-0.05, 0) is 20.8 Å². The highest BCUT2D eigenvalue weighted by molar-refractivity contribution is 7.11. The Bertz CT molecular complexity index is 292. The first-order chi connectivity index (χ1) is 6.03. The van der Waals surface area contributed by atoms with E-state index in [0.717, 1.165) is 15.6 Å². The molecule has 1 rings (SSSR count). The molecule has 3 nitrogen and oxygen atoms in total. The summed E-state index contributed by atoms with van der Waals surface area (Å²) in [6.07, 6.45) is 0. The third-order valence-electron chi connectivity index (χ3n) is 2.22. The Kier molecular flexibility index (Phi) is 3.05. The third-order valence-corrected chi connectivity index (χ3v) is 3.54. The quantitative estimate of drug-likeness (QED) is 0.806. The standard InChI is InChI=1S/C9H16N2OS/c1-6-8(13-7(2)11-6)9(3,5-10)12-4/h5,10H2,1-4H3. The first-order valence-corrected chi connectivity index (χ1v) is 5.05. The molecule has 0 aliphatic heterocycles. The lowest BCUT2D eigenvalue weighted by Crippen LogP contribution is -2.33. The molecule has 74 valence electrons. The Morgan fingerprint density at radius 2 is 2.15 bits per heavy atom. The summed E-state index contributed by atoms with van der Waals surface area (Å²) >= 11 is 1.65. The molecule has 13 heavy (non-hydrogen) atoms. The summed E-state index contributed by atoms with van der Waals surface area (Å²) in [5, 5.41) is 1.06. The van der Waals surface area contributed by atoms with Crippen molar-refractivity contribution in [2.75, 3.05) is 13.7 Å². The number of rotatable bonds is 3. The molecule has 1 aromatic heterocycles. The SMILES string of the molecule is COC(C)(CN)c1sc(C)nc1C. The first kappa shape index (κ1) is 10.6. The van der Waals surface area contributed by atoms with Crippen molar-refractivity contribution < 1.29 is 4.74 Å². The van der Waals surface area contributed by atoms with E-state index in [9.17, 15) is 0 Å². The van der Waals surface area contributed by atoms with Gasteiger partial charge < -0.3 is 10.5 Å². The lowest BCUT2D eigenvalue weighted by molar-refractivity contribution is 0.0126. The number of hydrogen-bond acceptors (Lipinski definition) is 4. The van der Waals surface area contributed by atoms with Gasteiger partial charge in [0.2, 0.25) is 0 Å². The van der Waals surface area contributed by atoms with Crippen molar-refractivity contribution in [1.29, 1.82) is 0 Å². The van der Waals surface area contributed by atoms with Gasteiger partial charge in [-0.25, -0.2) is 4.98 Å². The monoisotopic (exact) mass is 200 g/mol. The molecule has 1 atom stereocenters. The molecule has 0 fully saturated rings. The summed E-state index contributed by atoms with van der Waals surface area (Å²) in [7, 11) is 1.68. The van der Waals surface area contributed by atoms with E-state index >= 15 is 0 Å². The van der Waals surface area contributed by atoms with Crippen LogP contribution in [0.25, 0.3) is 0 Å². The number of ether oxygens (including phenoxy) is 1. The second kappa shape index (κ2) is 3.74. The molecule has 0 radical (unpaired) electrons. The average molecular weight is 200 g/mol. The molecular formula is C9H16N2OS. The number of nitrogens with two attached hydrogens (primary N) is 1. The molecule has 4 heteroatoms. The van der Waals surface area contributed by atoms with Gasteiger partial charge in [-0.1, -0.05) is 0 Å². The van der Waals surface area contributed by atoms with Gasteiger partial charge in [0, 0.05) is 13.7 Å². The lowest BCUT2D eigenvalue weighted by Gasteiger charge is -2.25. The van der Waals surface area contributed by atoms with E-state index in [-0.39, 0.29) is 5.60 Å². The Morgan fingerprint density at radius 3 is 2.46 bits per heavy atom. The van der Waals surface area contributed by atoms with Crippen LogP contribution in [-0.4, -0.2) is 18.6 Å². The Balaban J connectivity index is 3.11. The zero-order chi connectivity index (χ0) is 10.1. The zero-order valence-corrected chi connectivity index (χ0v) is 9.36. The fraction of sp³-hybridized carbons (Fsp3) is 0.667. The smallest absolute Gasteiger partial charge is 0.113 e. The number of methoxy groups -OCH3 is 1. The van der Waals surface area contributed by atoms with Crippen LogP contribution in [0.3, 0.4) is 0 Å². The molecule has 0 saturated heterocycles. The molecule has 0 amide bonds. The maximum absolute atomic E-state index is 5.68. The van der Waals surface area contributed by atoms with Gasteiger partial charge in [-0.15, -0.1) is 11.3 Å². The summed E-state index contributed by atoms with van der Waals surface area (Å²) in [5.41, 5.74) is 6.33. The highest BCUT2D eigenvalue weighted by atomic mass is 32.1. The highest BCUT2D eigenvalue weighted by Gasteiger charge is 2.28. The minimum atomic E-state index is -0.379. The molecule has 0 aromatic carbocycles. The van der Waals surface area contributed by atoms with E-state index in [1.54, 1.807) is 18.4 Å². The topological polar surface area (TPSA) is 48.1 Å². The van der Waals surface area contributed by atoms with E-state index in [0.29, 0.717) is 6.54 Å². The van der Waals surface area contributed by atoms with Gasteiger partial charge in [0.25, 0.3) is 0 Å². The van der Waals surface area contributed by atoms with E-state index in [1.807, 2.05) is 20.8 Å². The minimum absolute atomic E-state index is 0.379. The minimum Gasteiger partial charge on any atom is -0.372 e. The van der Waals surface area contributed by atoms with Crippen molar-refractivity contribution in [2.45, 2.75) is 26.4 Å². The van der Waals surface area contributed by atoms with Gasteiger partial charge in [-0.3, -0.25) is 0 Å². The third kappa shape index (κ3) is 1.90. The van der Waals surface area contributed by atoms with Crippen LogP contribution in [0.15, 0.2) is 0 Å². The van der Waals surface area contributed by atoms with Crippen molar-refractivity contribution in [3.05, 3.63) is 15.6 Å². The Labute approximate surface area is 82.9 Å². The highest BCUT2D eigenvalue weighted by Crippen LogP contribution is 2.31. The second-order valence-corrected chi connectivity index (χ2v) is 4.49. The van der Waals surface area contributed by atoms with Crippen molar-refractivity contribution in [1.82, 2.24) is 4.98 Å². The van der Waals surface area contributed by atoms with E-state index < -0.39 is 0 Å². The molecule has 0 aliphatic carbocycles. The molecule has 0 bridgehead atoms. The predicted molar refractivity (Wildman–Crippen MR) is 55.0 cm³/mol. The number of nitrogens with zero attached hydrogens (tertiary/aromatic N) is 1. The van der Waals surface area contributed by atoms with Crippen LogP contribution in [0.4, 0.5) is 0 Å². The molecule has 1 unspecified atom stereocenters. The molecule has 1 aromatic rings. The van der Waals surface area contributed by atoms with Crippen LogP contribution < -0.4 is 5.73 Å². The van der Waals surface area contributed by atoms with Crippen LogP contribution in [-0.2, 0) is 10.3 Å². The van der Waals surface area contributed by atoms with Crippen LogP contribution in [0.1, 0.15) is 22.5 Å². The number of aryl methyl sites for hydroxylation is 2. The van der Waals surface area contributed by atoms with Crippen LogP contribution >= 0.6 is 11.3 Å². The fourth-order valence-corrected chi connectivity index (χ4v) is 2.34. The lowest BCUT2D eigenvalue weighted by atomic mass is 10.0. The summed E-state index contributed by atoms with van der Waals surface area (Å²) < 4.78 is 5.41. The van der Waals surface area contributed by atoms with Gasteiger partial charge in [-0.2, -0.15) is 0 Å². The fourth-order valence-electron chi connectivity index (χ4n) is 1.29. The van der Waals surface area contributed by atoms with Gasteiger partial charge in [0.1, 0.15) is 5.60 Å². The van der Waals surface area contributed by atoms with Crippen molar-refractivity contribution >= 4 is 11.3 Å². The van der Waals surface area contributed by atoms with Crippen LogP contribution in [0, 0.1) is 13.8 Å². The molecule has 1 heterocycles. The van der Waals surface area contributed by atoms with Crippen LogP contribution in [0.2, 0.25) is 0 Å². The van der Waals surface area contributed by atoms with Gasteiger partial charge >= 0.3 is 0 Å². The van der Waals surface area contributed by atoms with Crippen molar-refractivity contribution in [2.24, 2.45) is 5.73 Å². The van der Waals surface area contributed by atoms with Gasteiger partial charge in [0.15, 0.2) is 0 Å². The number of thiazole rings is 1. The molecule has 0 aliphatic rings. The number of aromatic nitrogens is 1. The largest absolute Gasteiger partial charge is 0.372 e. The first-order valence-electron chi connectivity index (χ1n) is 4.23. The molecule has 0 spiro atoms. The Morgan fingerprint density at radius 1 is 1.54 bits per heavy atom. The molecule has 2 N–H and O–H groups in total. The van der Waals surface area contributed by atoms with Crippen molar-refractivity contribution in [3.8, 4) is 0 Å². The average Bonchev–Trinajstić information content (AvgIpc) is 2.44. The summed E-state index contributed by atoms with van der Waals surface area (Å²) in [4.78, 5) is 5.49. The maximum Gasteiger partial charge on any atom is 0.113 e. The summed E-state index contributed by atoms with van der Waals surface area (Å²) in [5.74, 6) is 0. The normalized spacial score (nSPS) is 15.8. The van der Waals surface area contributed by atoms with E-state index in [2.05, 4.69) is 4.98 Å². The second-order valence-electron chi connectivity index (χ2n) is 3.29.